The van der Waals surface area contributed by atoms with Crippen LogP contribution < -0.4 is 0 Å². The largest absolute Gasteiger partial charge is 0.465 e. The third kappa shape index (κ3) is 1.98. The Morgan fingerprint density at radius 1 is 1.13 bits per heavy atom. The molecule has 2 spiro atoms. The van der Waals surface area contributed by atoms with Crippen LogP contribution in [0.2, 0.25) is 0 Å². The lowest BCUT2D eigenvalue weighted by Gasteiger charge is -2.49. The van der Waals surface area contributed by atoms with E-state index in [1.807, 2.05) is 14.1 Å². The Morgan fingerprint density at radius 3 is 2.48 bits per heavy atom. The summed E-state index contributed by atoms with van der Waals surface area (Å²) in [4.78, 5) is 27.2. The van der Waals surface area contributed by atoms with Crippen LogP contribution in [0.4, 0.5) is 0 Å². The Labute approximate surface area is 136 Å². The van der Waals surface area contributed by atoms with Gasteiger partial charge in [0, 0.05) is 25.7 Å². The van der Waals surface area contributed by atoms with Crippen LogP contribution in [0.1, 0.15) is 25.7 Å². The Balaban J connectivity index is 1.78. The standard InChI is InChI=1S/C18H23NO4/c1-19(2)13-4-3-12-10-17(5-7-22-15(17)20)11-18(14(12)9-13)6-8-23-16(18)21/h3-4,9,12,14H,5-8,10-11H2,1-2H3/t12-,14-,17-,18-/m0/s1. The van der Waals surface area contributed by atoms with E-state index in [4.69, 9.17) is 9.47 Å². The third-order valence-corrected chi connectivity index (χ3v) is 6.20. The number of hydrogen-bond donors (Lipinski definition) is 0. The zero-order valence-corrected chi connectivity index (χ0v) is 13.7. The van der Waals surface area contributed by atoms with Gasteiger partial charge in [-0.25, -0.2) is 0 Å². The molecule has 4 rings (SSSR count). The zero-order chi connectivity index (χ0) is 16.2. The van der Waals surface area contributed by atoms with Gasteiger partial charge < -0.3 is 14.4 Å². The molecule has 4 aliphatic rings. The van der Waals surface area contributed by atoms with E-state index in [0.717, 1.165) is 18.5 Å². The van der Waals surface area contributed by atoms with Gasteiger partial charge in [0.05, 0.1) is 24.0 Å². The summed E-state index contributed by atoms with van der Waals surface area (Å²) in [6.45, 7) is 0.936. The van der Waals surface area contributed by atoms with E-state index in [0.29, 0.717) is 26.1 Å². The molecular weight excluding hydrogens is 294 g/mol. The fourth-order valence-corrected chi connectivity index (χ4v) is 4.99. The molecule has 23 heavy (non-hydrogen) atoms. The van der Waals surface area contributed by atoms with E-state index >= 15 is 0 Å². The number of carbonyl (C=O) groups excluding carboxylic acids is 2. The molecule has 1 saturated carbocycles. The van der Waals surface area contributed by atoms with Gasteiger partial charge in [0.25, 0.3) is 0 Å². The molecule has 2 aliphatic carbocycles. The van der Waals surface area contributed by atoms with E-state index in [1.165, 1.54) is 0 Å². The van der Waals surface area contributed by atoms with Crippen LogP contribution in [0, 0.1) is 22.7 Å². The average molecular weight is 317 g/mol. The molecule has 2 saturated heterocycles. The third-order valence-electron chi connectivity index (χ3n) is 6.20. The van der Waals surface area contributed by atoms with Crippen molar-refractivity contribution in [1.29, 1.82) is 0 Å². The van der Waals surface area contributed by atoms with Gasteiger partial charge in [-0.1, -0.05) is 12.2 Å². The highest BCUT2D eigenvalue weighted by atomic mass is 16.5. The maximum Gasteiger partial charge on any atom is 0.312 e. The number of cyclic esters (lactones) is 2. The molecule has 4 atom stereocenters. The summed E-state index contributed by atoms with van der Waals surface area (Å²) in [6.07, 6.45) is 9.27. The molecular formula is C18H23NO4. The van der Waals surface area contributed by atoms with Crippen LogP contribution in [-0.4, -0.2) is 44.1 Å². The lowest BCUT2D eigenvalue weighted by molar-refractivity contribution is -0.160. The minimum atomic E-state index is -0.571. The van der Waals surface area contributed by atoms with E-state index < -0.39 is 10.8 Å². The molecule has 0 aromatic heterocycles. The lowest BCUT2D eigenvalue weighted by atomic mass is 9.51. The molecule has 0 bridgehead atoms. The van der Waals surface area contributed by atoms with E-state index in [1.54, 1.807) is 0 Å². The highest BCUT2D eigenvalue weighted by molar-refractivity contribution is 5.84. The summed E-state index contributed by atoms with van der Waals surface area (Å²) >= 11 is 0. The summed E-state index contributed by atoms with van der Waals surface area (Å²) in [6, 6.07) is 0. The van der Waals surface area contributed by atoms with Crippen molar-refractivity contribution >= 4 is 11.9 Å². The van der Waals surface area contributed by atoms with Crippen molar-refractivity contribution in [3.05, 3.63) is 23.9 Å². The van der Waals surface area contributed by atoms with Crippen LogP contribution in [-0.2, 0) is 19.1 Å². The molecule has 5 nitrogen and oxygen atoms in total. The van der Waals surface area contributed by atoms with E-state index in [-0.39, 0.29) is 23.8 Å². The fraction of sp³-hybridized carbons (Fsp3) is 0.667. The van der Waals surface area contributed by atoms with Crippen molar-refractivity contribution < 1.29 is 19.1 Å². The molecule has 2 aliphatic heterocycles. The van der Waals surface area contributed by atoms with Gasteiger partial charge in [0.1, 0.15) is 0 Å². The predicted molar refractivity (Wildman–Crippen MR) is 83.1 cm³/mol. The van der Waals surface area contributed by atoms with Gasteiger partial charge in [0.15, 0.2) is 0 Å². The second-order valence-electron chi connectivity index (χ2n) is 7.62. The first-order valence-electron chi connectivity index (χ1n) is 8.39. The number of allylic oxidation sites excluding steroid dienone is 3. The minimum absolute atomic E-state index is 0.110. The smallest absolute Gasteiger partial charge is 0.312 e. The predicted octanol–water partition coefficient (Wildman–Crippen LogP) is 1.89. The number of carbonyl (C=O) groups is 2. The average Bonchev–Trinajstić information content (AvgIpc) is 3.04. The van der Waals surface area contributed by atoms with Crippen molar-refractivity contribution in [2.24, 2.45) is 22.7 Å². The maximum atomic E-state index is 12.7. The van der Waals surface area contributed by atoms with Gasteiger partial charge in [-0.15, -0.1) is 0 Å². The number of likely N-dealkylation sites (N-methyl/N-ethyl adjacent to an activating group) is 1. The quantitative estimate of drug-likeness (QED) is 0.691. The van der Waals surface area contributed by atoms with Crippen LogP contribution in [0.5, 0.6) is 0 Å². The first kappa shape index (κ1) is 14.8. The molecule has 0 radical (unpaired) electrons. The first-order chi connectivity index (χ1) is 11.0. The summed E-state index contributed by atoms with van der Waals surface area (Å²) in [7, 11) is 4.02. The van der Waals surface area contributed by atoms with Gasteiger partial charge >= 0.3 is 11.9 Å². The second-order valence-corrected chi connectivity index (χ2v) is 7.62. The number of esters is 2. The van der Waals surface area contributed by atoms with Crippen LogP contribution in [0.25, 0.3) is 0 Å². The Morgan fingerprint density at radius 2 is 1.87 bits per heavy atom. The zero-order valence-electron chi connectivity index (χ0n) is 13.7. The number of fused-ring (bicyclic) bond motifs is 2. The van der Waals surface area contributed by atoms with E-state index in [2.05, 4.69) is 23.1 Å². The first-order valence-corrected chi connectivity index (χ1v) is 8.39. The monoisotopic (exact) mass is 317 g/mol. The van der Waals surface area contributed by atoms with Crippen molar-refractivity contribution in [3.8, 4) is 0 Å². The number of nitrogens with zero attached hydrogens (tertiary/aromatic N) is 1. The molecule has 0 unspecified atom stereocenters. The Hall–Kier alpha value is -1.78. The van der Waals surface area contributed by atoms with Crippen LogP contribution in [0.15, 0.2) is 23.9 Å². The normalized spacial score (nSPS) is 41.7. The molecule has 0 N–H and O–H groups in total. The second kappa shape index (κ2) is 4.86. The summed E-state index contributed by atoms with van der Waals surface area (Å²) in [5, 5.41) is 0. The highest BCUT2D eigenvalue weighted by Crippen LogP contribution is 2.61. The van der Waals surface area contributed by atoms with Crippen molar-refractivity contribution in [2.45, 2.75) is 25.7 Å². The van der Waals surface area contributed by atoms with Gasteiger partial charge in [0.2, 0.25) is 0 Å². The summed E-state index contributed by atoms with van der Waals surface area (Å²) in [5.41, 5.74) is 0.0478. The lowest BCUT2D eigenvalue weighted by Crippen LogP contribution is -2.51. The highest BCUT2D eigenvalue weighted by Gasteiger charge is 2.63. The molecule has 5 heteroatoms. The fourth-order valence-electron chi connectivity index (χ4n) is 4.99. The van der Waals surface area contributed by atoms with Gasteiger partial charge in [-0.05, 0) is 37.7 Å². The van der Waals surface area contributed by atoms with Crippen molar-refractivity contribution in [1.82, 2.24) is 4.90 Å². The SMILES string of the molecule is CN(C)C1=C[C@H]2[C@@H](C=C1)C[C@@]1(CCOC1=O)C[C@@]21CCOC1=O. The Bertz CT molecular complexity index is 623. The number of rotatable bonds is 1. The minimum Gasteiger partial charge on any atom is -0.465 e. The van der Waals surface area contributed by atoms with Gasteiger partial charge in [-0.2, -0.15) is 0 Å². The topological polar surface area (TPSA) is 55.8 Å². The maximum absolute atomic E-state index is 12.7. The van der Waals surface area contributed by atoms with Crippen molar-refractivity contribution in [2.75, 3.05) is 27.3 Å². The van der Waals surface area contributed by atoms with Crippen LogP contribution >= 0.6 is 0 Å². The molecule has 0 amide bonds. The molecule has 0 aromatic rings. The number of hydrogen-bond acceptors (Lipinski definition) is 5. The van der Waals surface area contributed by atoms with Crippen LogP contribution in [0.3, 0.4) is 0 Å². The number of ether oxygens (including phenoxy) is 2. The Kier molecular flexibility index (Phi) is 3.12. The molecule has 2 heterocycles. The van der Waals surface area contributed by atoms with Gasteiger partial charge in [-0.3, -0.25) is 9.59 Å². The molecule has 124 valence electrons. The summed E-state index contributed by atoms with van der Waals surface area (Å²) < 4.78 is 10.7. The summed E-state index contributed by atoms with van der Waals surface area (Å²) in [5.74, 6) is 0.0596. The molecule has 0 aromatic carbocycles. The van der Waals surface area contributed by atoms with E-state index in [9.17, 15) is 9.59 Å². The molecule has 3 fully saturated rings. The van der Waals surface area contributed by atoms with Crippen molar-refractivity contribution in [3.63, 3.8) is 0 Å².